The van der Waals surface area contributed by atoms with Crippen LogP contribution in [0.4, 0.5) is 5.69 Å². The molecule has 0 N–H and O–H groups in total. The third-order valence-electron chi connectivity index (χ3n) is 2.36. The van der Waals surface area contributed by atoms with E-state index < -0.39 is 10.9 Å². The van der Waals surface area contributed by atoms with Gasteiger partial charge >= 0.3 is 5.97 Å². The molecule has 1 aromatic heterocycles. The predicted octanol–water partition coefficient (Wildman–Crippen LogP) is 2.73. The largest absolute Gasteiger partial charge is 0.464 e. The number of hydrogen-bond donors (Lipinski definition) is 0. The van der Waals surface area contributed by atoms with Crippen LogP contribution < -0.4 is 4.74 Å². The smallest absolute Gasteiger partial charge is 0.358 e. The summed E-state index contributed by atoms with van der Waals surface area (Å²) in [5, 5.41) is 10.7. The number of nitrogens with zero attached hydrogens (tertiary/aromatic N) is 3. The minimum Gasteiger partial charge on any atom is -0.464 e. The molecule has 0 aliphatic heterocycles. The number of non-ortho nitro benzene ring substituents is 1. The van der Waals surface area contributed by atoms with Crippen LogP contribution in [0.25, 0.3) is 0 Å². The number of esters is 1. The summed E-state index contributed by atoms with van der Waals surface area (Å²) in [6.45, 7) is 0. The van der Waals surface area contributed by atoms with Gasteiger partial charge in [-0.05, 0) is 22.0 Å². The Bertz CT molecular complexity index is 690. The van der Waals surface area contributed by atoms with Crippen LogP contribution in [0.15, 0.2) is 35.1 Å². The molecule has 0 aliphatic carbocycles. The number of rotatable bonds is 4. The lowest BCUT2D eigenvalue weighted by Crippen LogP contribution is -2.04. The lowest BCUT2D eigenvalue weighted by atomic mass is 10.3. The first-order valence-electron chi connectivity index (χ1n) is 5.53. The summed E-state index contributed by atoms with van der Waals surface area (Å²) in [6, 6.07) is 4.08. The first kappa shape index (κ1) is 14.9. The highest BCUT2D eigenvalue weighted by Gasteiger charge is 2.13. The molecule has 0 amide bonds. The fourth-order valence-corrected chi connectivity index (χ4v) is 1.70. The Morgan fingerprint density at radius 1 is 1.33 bits per heavy atom. The van der Waals surface area contributed by atoms with E-state index in [9.17, 15) is 14.9 Å². The first-order chi connectivity index (χ1) is 10.0. The molecule has 9 heteroatoms. The zero-order chi connectivity index (χ0) is 15.4. The van der Waals surface area contributed by atoms with Crippen LogP contribution in [0.1, 0.15) is 10.5 Å². The number of carbonyl (C=O) groups is 1. The summed E-state index contributed by atoms with van der Waals surface area (Å²) in [4.78, 5) is 29.1. The zero-order valence-electron chi connectivity index (χ0n) is 10.6. The summed E-state index contributed by atoms with van der Waals surface area (Å²) in [6.07, 6.45) is 2.41. The van der Waals surface area contributed by atoms with E-state index in [2.05, 4.69) is 30.6 Å². The van der Waals surface area contributed by atoms with Crippen LogP contribution in [-0.4, -0.2) is 28.0 Å². The molecule has 2 rings (SSSR count). The van der Waals surface area contributed by atoms with Gasteiger partial charge in [-0.1, -0.05) is 0 Å². The third-order valence-corrected chi connectivity index (χ3v) is 3.02. The van der Waals surface area contributed by atoms with Gasteiger partial charge in [0.1, 0.15) is 0 Å². The van der Waals surface area contributed by atoms with Crippen LogP contribution in [0.2, 0.25) is 0 Å². The number of nitro groups is 1. The number of ether oxygens (including phenoxy) is 2. The Balaban J connectivity index is 2.23. The fourth-order valence-electron chi connectivity index (χ4n) is 1.38. The molecular weight excluding hydrogens is 346 g/mol. The molecule has 108 valence electrons. The monoisotopic (exact) mass is 353 g/mol. The highest BCUT2D eigenvalue weighted by molar-refractivity contribution is 9.10. The van der Waals surface area contributed by atoms with Crippen LogP contribution in [0.5, 0.6) is 11.6 Å². The van der Waals surface area contributed by atoms with Crippen LogP contribution in [0, 0.1) is 10.1 Å². The van der Waals surface area contributed by atoms with Gasteiger partial charge in [-0.15, -0.1) is 0 Å². The van der Waals surface area contributed by atoms with Crippen molar-refractivity contribution < 1.29 is 19.2 Å². The molecule has 8 nitrogen and oxygen atoms in total. The molecule has 0 fully saturated rings. The van der Waals surface area contributed by atoms with Crippen molar-refractivity contribution in [1.29, 1.82) is 0 Å². The van der Waals surface area contributed by atoms with Gasteiger partial charge in [0, 0.05) is 6.07 Å². The Morgan fingerprint density at radius 2 is 2.10 bits per heavy atom. The van der Waals surface area contributed by atoms with Gasteiger partial charge in [-0.2, -0.15) is 0 Å². The van der Waals surface area contributed by atoms with E-state index in [1.54, 1.807) is 0 Å². The normalized spacial score (nSPS) is 10.0. The van der Waals surface area contributed by atoms with E-state index in [1.165, 1.54) is 37.7 Å². The van der Waals surface area contributed by atoms with Crippen molar-refractivity contribution >= 4 is 27.6 Å². The number of halogens is 1. The molecule has 1 heterocycles. The second-order valence-electron chi connectivity index (χ2n) is 3.71. The Kier molecular flexibility index (Phi) is 4.43. The van der Waals surface area contributed by atoms with Gasteiger partial charge in [0.05, 0.1) is 35.0 Å². The Labute approximate surface area is 127 Å². The lowest BCUT2D eigenvalue weighted by Gasteiger charge is -2.06. The van der Waals surface area contributed by atoms with Crippen LogP contribution in [-0.2, 0) is 4.74 Å². The van der Waals surface area contributed by atoms with Gasteiger partial charge in [-0.25, -0.2) is 14.8 Å². The fraction of sp³-hybridized carbons (Fsp3) is 0.0833. The van der Waals surface area contributed by atoms with E-state index in [0.717, 1.165) is 0 Å². The maximum atomic E-state index is 11.2. The molecule has 0 bridgehead atoms. The van der Waals surface area contributed by atoms with E-state index in [4.69, 9.17) is 4.74 Å². The highest BCUT2D eigenvalue weighted by Crippen LogP contribution is 2.32. The Hall–Kier alpha value is -2.55. The number of aromatic nitrogens is 2. The second kappa shape index (κ2) is 6.27. The number of carbonyl (C=O) groups excluding carboxylic acids is 1. The molecule has 2 aromatic rings. The number of methoxy groups -OCH3 is 1. The molecule has 0 radical (unpaired) electrons. The number of hydrogen-bond acceptors (Lipinski definition) is 7. The minimum atomic E-state index is -0.620. The van der Waals surface area contributed by atoms with Crippen molar-refractivity contribution in [2.45, 2.75) is 0 Å². The number of nitro benzene ring substituents is 1. The van der Waals surface area contributed by atoms with Gasteiger partial charge in [-0.3, -0.25) is 10.1 Å². The molecule has 0 spiro atoms. The SMILES string of the molecule is COC(=O)c1cnc(Oc2cc([N+](=O)[O-])ccc2Br)cn1. The van der Waals surface area contributed by atoms with Gasteiger partial charge < -0.3 is 9.47 Å². The summed E-state index contributed by atoms with van der Waals surface area (Å²) in [5.41, 5.74) is -0.0877. The third kappa shape index (κ3) is 3.51. The van der Waals surface area contributed by atoms with Gasteiger partial charge in [0.2, 0.25) is 5.88 Å². The Morgan fingerprint density at radius 3 is 2.67 bits per heavy atom. The summed E-state index contributed by atoms with van der Waals surface area (Å²) in [7, 11) is 1.23. The average Bonchev–Trinajstić information content (AvgIpc) is 2.49. The van der Waals surface area contributed by atoms with Gasteiger partial charge in [0.15, 0.2) is 11.4 Å². The van der Waals surface area contributed by atoms with Crippen molar-refractivity contribution in [3.05, 3.63) is 50.9 Å². The molecule has 0 saturated carbocycles. The van der Waals surface area contributed by atoms with Crippen molar-refractivity contribution in [2.75, 3.05) is 7.11 Å². The first-order valence-corrected chi connectivity index (χ1v) is 6.32. The second-order valence-corrected chi connectivity index (χ2v) is 4.56. The van der Waals surface area contributed by atoms with Gasteiger partial charge in [0.25, 0.3) is 5.69 Å². The van der Waals surface area contributed by atoms with E-state index in [-0.39, 0.29) is 23.0 Å². The summed E-state index contributed by atoms with van der Waals surface area (Å²) >= 11 is 3.22. The van der Waals surface area contributed by atoms with Crippen molar-refractivity contribution in [2.24, 2.45) is 0 Å². The lowest BCUT2D eigenvalue weighted by molar-refractivity contribution is -0.384. The molecule has 0 aliphatic rings. The topological polar surface area (TPSA) is 104 Å². The molecule has 1 aromatic carbocycles. The average molecular weight is 354 g/mol. The molecular formula is C12H8BrN3O5. The quantitative estimate of drug-likeness (QED) is 0.472. The number of benzene rings is 1. The maximum Gasteiger partial charge on any atom is 0.358 e. The molecule has 0 atom stereocenters. The van der Waals surface area contributed by atoms with Crippen LogP contribution >= 0.6 is 15.9 Å². The maximum absolute atomic E-state index is 11.2. The van der Waals surface area contributed by atoms with E-state index in [0.29, 0.717) is 4.47 Å². The standard InChI is InChI=1S/C12H8BrN3O5/c1-20-12(17)9-5-15-11(6-14-9)21-10-4-7(16(18)19)2-3-8(10)13/h2-6H,1H3. The van der Waals surface area contributed by atoms with Crippen molar-refractivity contribution in [3.8, 4) is 11.6 Å². The van der Waals surface area contributed by atoms with E-state index >= 15 is 0 Å². The van der Waals surface area contributed by atoms with E-state index in [1.807, 2.05) is 0 Å². The van der Waals surface area contributed by atoms with Crippen LogP contribution in [0.3, 0.4) is 0 Å². The molecule has 0 saturated heterocycles. The predicted molar refractivity (Wildman–Crippen MR) is 74.2 cm³/mol. The van der Waals surface area contributed by atoms with Crippen molar-refractivity contribution in [3.63, 3.8) is 0 Å². The zero-order valence-corrected chi connectivity index (χ0v) is 12.2. The summed E-state index contributed by atoms with van der Waals surface area (Å²) < 4.78 is 10.4. The highest BCUT2D eigenvalue weighted by atomic mass is 79.9. The minimum absolute atomic E-state index is 0.0305. The van der Waals surface area contributed by atoms with Crippen molar-refractivity contribution in [1.82, 2.24) is 9.97 Å². The summed E-state index contributed by atoms with van der Waals surface area (Å²) in [5.74, 6) is -0.321. The molecule has 0 unspecified atom stereocenters. The molecule has 21 heavy (non-hydrogen) atoms.